The first-order valence-corrected chi connectivity index (χ1v) is 8.38. The van der Waals surface area contributed by atoms with E-state index < -0.39 is 5.97 Å². The van der Waals surface area contributed by atoms with E-state index in [1.54, 1.807) is 0 Å². The Kier molecular flexibility index (Phi) is 3.98. The molecule has 4 nitrogen and oxygen atoms in total. The lowest BCUT2D eigenvalue weighted by Gasteiger charge is -2.00. The lowest BCUT2D eigenvalue weighted by molar-refractivity contribution is -0.136. The van der Waals surface area contributed by atoms with Gasteiger partial charge in [-0.3, -0.25) is 9.20 Å². The molecule has 0 fully saturated rings. The van der Waals surface area contributed by atoms with E-state index in [1.165, 1.54) is 16.2 Å². The number of fused-ring (bicyclic) bond motifs is 1. The molecule has 0 unspecified atom stereocenters. The number of carbonyl (C=O) groups is 1. The predicted octanol–water partition coefficient (Wildman–Crippen LogP) is 3.80. The lowest BCUT2D eigenvalue weighted by atomic mass is 10.2. The quantitative estimate of drug-likeness (QED) is 0.727. The molecule has 0 saturated heterocycles. The van der Waals surface area contributed by atoms with Gasteiger partial charge in [-0.15, -0.1) is 23.1 Å². The van der Waals surface area contributed by atoms with Crippen LogP contribution in [0, 0.1) is 0 Å². The molecule has 21 heavy (non-hydrogen) atoms. The van der Waals surface area contributed by atoms with Crippen LogP contribution in [0.5, 0.6) is 0 Å². The first-order chi connectivity index (χ1) is 10.2. The first kappa shape index (κ1) is 14.2. The van der Waals surface area contributed by atoms with Gasteiger partial charge in [0.15, 0.2) is 4.96 Å². The molecule has 0 aliphatic rings. The van der Waals surface area contributed by atoms with Crippen molar-refractivity contribution in [3.05, 3.63) is 41.5 Å². The van der Waals surface area contributed by atoms with Gasteiger partial charge in [-0.25, -0.2) is 4.98 Å². The average Bonchev–Trinajstić information content (AvgIpc) is 2.97. The Bertz CT molecular complexity index is 743. The highest BCUT2D eigenvalue weighted by atomic mass is 32.2. The Morgan fingerprint density at radius 1 is 1.33 bits per heavy atom. The average molecular weight is 318 g/mol. The molecule has 0 bridgehead atoms. The number of thioether (sulfide) groups is 1. The van der Waals surface area contributed by atoms with E-state index in [-0.39, 0.29) is 6.42 Å². The van der Waals surface area contributed by atoms with E-state index in [1.807, 2.05) is 28.6 Å². The summed E-state index contributed by atoms with van der Waals surface area (Å²) in [4.78, 5) is 18.2. The van der Waals surface area contributed by atoms with Gasteiger partial charge in [0.25, 0.3) is 0 Å². The van der Waals surface area contributed by atoms with Gasteiger partial charge in [-0.1, -0.05) is 19.1 Å². The summed E-state index contributed by atoms with van der Waals surface area (Å²) in [6.45, 7) is 2.14. The molecule has 3 aromatic rings. The smallest absolute Gasteiger partial charge is 0.308 e. The predicted molar refractivity (Wildman–Crippen MR) is 86.2 cm³/mol. The molecule has 0 saturated carbocycles. The van der Waals surface area contributed by atoms with Crippen molar-refractivity contribution in [2.45, 2.75) is 18.2 Å². The normalized spacial score (nSPS) is 11.1. The van der Waals surface area contributed by atoms with Crippen molar-refractivity contribution in [2.75, 3.05) is 5.75 Å². The number of nitrogens with zero attached hydrogens (tertiary/aromatic N) is 2. The van der Waals surface area contributed by atoms with E-state index in [0.717, 1.165) is 26.8 Å². The van der Waals surface area contributed by atoms with Crippen LogP contribution in [0.25, 0.3) is 16.2 Å². The number of aromatic nitrogens is 2. The molecule has 3 rings (SSSR count). The summed E-state index contributed by atoms with van der Waals surface area (Å²) >= 11 is 3.23. The SMILES string of the molecule is CCSc1ccc(-c2cn3cc(CC(=O)O)sc3n2)cc1. The van der Waals surface area contributed by atoms with Crippen molar-refractivity contribution in [1.29, 1.82) is 0 Å². The zero-order valence-corrected chi connectivity index (χ0v) is 13.1. The number of carboxylic acid groups (broad SMARTS) is 1. The van der Waals surface area contributed by atoms with Gasteiger partial charge in [-0.05, 0) is 17.9 Å². The molecular formula is C15H14N2O2S2. The van der Waals surface area contributed by atoms with Crippen LogP contribution >= 0.6 is 23.1 Å². The number of carboxylic acids is 1. The second-order valence-electron chi connectivity index (χ2n) is 4.54. The second-order valence-corrected chi connectivity index (χ2v) is 6.97. The van der Waals surface area contributed by atoms with Crippen LogP contribution in [0.3, 0.4) is 0 Å². The summed E-state index contributed by atoms with van der Waals surface area (Å²) in [5.41, 5.74) is 1.99. The highest BCUT2D eigenvalue weighted by molar-refractivity contribution is 7.99. The Labute approximate surface area is 130 Å². The number of hydrogen-bond acceptors (Lipinski definition) is 4. The summed E-state index contributed by atoms with van der Waals surface area (Å²) in [5.74, 6) is 0.245. The van der Waals surface area contributed by atoms with Crippen LogP contribution in [0.2, 0.25) is 0 Å². The molecule has 6 heteroatoms. The largest absolute Gasteiger partial charge is 0.481 e. The molecule has 0 radical (unpaired) electrons. The summed E-state index contributed by atoms with van der Waals surface area (Å²) in [5, 5.41) is 8.81. The molecule has 108 valence electrons. The summed E-state index contributed by atoms with van der Waals surface area (Å²) in [6, 6.07) is 8.35. The lowest BCUT2D eigenvalue weighted by Crippen LogP contribution is -1.97. The highest BCUT2D eigenvalue weighted by Gasteiger charge is 2.10. The Morgan fingerprint density at radius 2 is 2.10 bits per heavy atom. The third-order valence-electron chi connectivity index (χ3n) is 2.99. The van der Waals surface area contributed by atoms with E-state index >= 15 is 0 Å². The van der Waals surface area contributed by atoms with Gasteiger partial charge >= 0.3 is 5.97 Å². The van der Waals surface area contributed by atoms with Crippen LogP contribution in [0.4, 0.5) is 0 Å². The van der Waals surface area contributed by atoms with Crippen molar-refractivity contribution in [3.8, 4) is 11.3 Å². The molecule has 0 aliphatic heterocycles. The topological polar surface area (TPSA) is 54.6 Å². The highest BCUT2D eigenvalue weighted by Crippen LogP contribution is 2.26. The van der Waals surface area contributed by atoms with Crippen LogP contribution in [0.1, 0.15) is 11.8 Å². The fourth-order valence-corrected chi connectivity index (χ4v) is 3.71. The third-order valence-corrected chi connectivity index (χ3v) is 4.88. The van der Waals surface area contributed by atoms with E-state index in [4.69, 9.17) is 5.11 Å². The van der Waals surface area contributed by atoms with Crippen molar-refractivity contribution < 1.29 is 9.90 Å². The minimum absolute atomic E-state index is 0.0479. The number of benzene rings is 1. The van der Waals surface area contributed by atoms with E-state index in [9.17, 15) is 4.79 Å². The number of aliphatic carboxylic acids is 1. The monoisotopic (exact) mass is 318 g/mol. The molecule has 2 aromatic heterocycles. The Hall–Kier alpha value is -1.79. The van der Waals surface area contributed by atoms with Crippen molar-refractivity contribution in [3.63, 3.8) is 0 Å². The molecular weight excluding hydrogens is 304 g/mol. The van der Waals surface area contributed by atoms with Crippen LogP contribution < -0.4 is 0 Å². The maximum Gasteiger partial charge on any atom is 0.308 e. The first-order valence-electron chi connectivity index (χ1n) is 6.58. The maximum atomic E-state index is 10.7. The Balaban J connectivity index is 1.86. The van der Waals surface area contributed by atoms with Gasteiger partial charge in [0.2, 0.25) is 0 Å². The zero-order chi connectivity index (χ0) is 14.8. The fraction of sp³-hybridized carbons (Fsp3) is 0.200. The molecule has 2 heterocycles. The van der Waals surface area contributed by atoms with Gasteiger partial charge in [0, 0.05) is 27.7 Å². The second kappa shape index (κ2) is 5.91. The molecule has 0 atom stereocenters. The fourth-order valence-electron chi connectivity index (χ4n) is 2.10. The van der Waals surface area contributed by atoms with Gasteiger partial charge in [0.1, 0.15) is 0 Å². The summed E-state index contributed by atoms with van der Waals surface area (Å²) in [6.07, 6.45) is 3.83. The molecule has 0 spiro atoms. The number of imidazole rings is 1. The zero-order valence-electron chi connectivity index (χ0n) is 11.4. The van der Waals surface area contributed by atoms with E-state index in [2.05, 4.69) is 36.2 Å². The Morgan fingerprint density at radius 3 is 2.71 bits per heavy atom. The minimum Gasteiger partial charge on any atom is -0.481 e. The minimum atomic E-state index is -0.816. The van der Waals surface area contributed by atoms with Crippen LogP contribution in [-0.4, -0.2) is 26.2 Å². The number of rotatable bonds is 5. The summed E-state index contributed by atoms with van der Waals surface area (Å²) < 4.78 is 1.90. The number of hydrogen-bond donors (Lipinski definition) is 1. The molecule has 0 amide bonds. The molecule has 0 aliphatic carbocycles. The molecule has 1 N–H and O–H groups in total. The van der Waals surface area contributed by atoms with Crippen LogP contribution in [0.15, 0.2) is 41.6 Å². The summed E-state index contributed by atoms with van der Waals surface area (Å²) in [7, 11) is 0. The van der Waals surface area contributed by atoms with E-state index in [0.29, 0.717) is 0 Å². The van der Waals surface area contributed by atoms with Crippen molar-refractivity contribution >= 4 is 34.0 Å². The number of thiazole rings is 1. The maximum absolute atomic E-state index is 10.7. The van der Waals surface area contributed by atoms with Crippen molar-refractivity contribution in [2.24, 2.45) is 0 Å². The van der Waals surface area contributed by atoms with Gasteiger partial charge < -0.3 is 5.11 Å². The standard InChI is InChI=1S/C15H14N2O2S2/c1-2-20-11-5-3-10(4-6-11)13-9-17-8-12(7-14(18)19)21-15(17)16-13/h3-6,8-9H,2,7H2,1H3,(H,18,19). The van der Waals surface area contributed by atoms with Crippen LogP contribution in [-0.2, 0) is 11.2 Å². The third kappa shape index (κ3) is 3.11. The van der Waals surface area contributed by atoms with Gasteiger partial charge in [0.05, 0.1) is 12.1 Å². The van der Waals surface area contributed by atoms with Crippen molar-refractivity contribution in [1.82, 2.24) is 9.38 Å². The molecule has 1 aromatic carbocycles. The van der Waals surface area contributed by atoms with Gasteiger partial charge in [-0.2, -0.15) is 0 Å².